The first-order valence-corrected chi connectivity index (χ1v) is 32.3. The number of carboxylic acid groups (broad SMARTS) is 1. The fourth-order valence-corrected chi connectivity index (χ4v) is 12.3. The molecule has 0 amide bonds. The van der Waals surface area contributed by atoms with Crippen LogP contribution in [0.5, 0.6) is 0 Å². The Labute approximate surface area is 557 Å². The molecule has 6 aromatic carbocycles. The van der Waals surface area contributed by atoms with Gasteiger partial charge in [0.2, 0.25) is 17.5 Å². The molecule has 9 aromatic rings. The molecule has 3 fully saturated rings. The number of benzene rings is 6. The van der Waals surface area contributed by atoms with Crippen molar-refractivity contribution in [2.75, 3.05) is 20.4 Å². The van der Waals surface area contributed by atoms with Gasteiger partial charge in [-0.1, -0.05) is 130 Å². The fraction of sp³-hybridized carbons (Fsp3) is 0.400. The topological polar surface area (TPSA) is 185 Å². The predicted molar refractivity (Wildman–Crippen MR) is 346 cm³/mol. The fourth-order valence-electron chi connectivity index (χ4n) is 10.1. The first kappa shape index (κ1) is 70.9. The van der Waals surface area contributed by atoms with Crippen LogP contribution in [0.25, 0.3) is 49.4 Å². The Bertz CT molecular complexity index is 4310. The number of esters is 2. The Morgan fingerprint density at radius 1 is 0.543 bits per heavy atom. The molecule has 502 valence electrons. The number of nitrogens with one attached hydrogen (secondary N) is 1. The highest BCUT2D eigenvalue weighted by molar-refractivity contribution is 9.10. The number of thioether (sulfide) groups is 2. The van der Waals surface area contributed by atoms with Crippen LogP contribution in [-0.2, 0) is 42.4 Å². The predicted octanol–water partition coefficient (Wildman–Crippen LogP) is 18.3. The third-order valence-electron chi connectivity index (χ3n) is 15.0. The van der Waals surface area contributed by atoms with Gasteiger partial charge in [0.25, 0.3) is 0 Å². The number of H-pyrrole nitrogens is 1. The monoisotopic (exact) mass is 1430 g/mol. The average molecular weight is 1440 g/mol. The van der Waals surface area contributed by atoms with Crippen molar-refractivity contribution in [2.24, 2.45) is 0 Å². The van der Waals surface area contributed by atoms with Crippen molar-refractivity contribution < 1.29 is 74.2 Å². The first-order chi connectivity index (χ1) is 44.6. The van der Waals surface area contributed by atoms with E-state index in [0.29, 0.717) is 46.5 Å². The van der Waals surface area contributed by atoms with E-state index in [4.69, 9.17) is 23.1 Å². The van der Waals surface area contributed by atoms with Crippen molar-refractivity contribution in [3.8, 4) is 17.1 Å². The molecule has 3 heterocycles. The van der Waals surface area contributed by atoms with E-state index in [2.05, 4.69) is 46.5 Å². The zero-order valence-corrected chi connectivity index (χ0v) is 56.0. The molecule has 0 spiro atoms. The van der Waals surface area contributed by atoms with Crippen LogP contribution in [0.3, 0.4) is 0 Å². The molecule has 0 bridgehead atoms. The number of carbonyl (C=O) groups is 3. The maximum atomic E-state index is 13.9. The van der Waals surface area contributed by atoms with Crippen LogP contribution in [0.2, 0.25) is 0 Å². The minimum atomic E-state index is -4.74. The average Bonchev–Trinajstić information content (AvgIpc) is 1.66. The number of ether oxygens (including phenoxy) is 2. The first-order valence-electron chi connectivity index (χ1n) is 30.2. The van der Waals surface area contributed by atoms with Crippen LogP contribution < -0.4 is 0 Å². The summed E-state index contributed by atoms with van der Waals surface area (Å²) in [6, 6.07) is 32.9. The molecular formula is C65H66BrF10N9O6S3. The van der Waals surface area contributed by atoms with Crippen LogP contribution >= 0.6 is 51.7 Å². The van der Waals surface area contributed by atoms with E-state index in [9.17, 15) is 63.4 Å². The largest absolute Gasteiger partial charge is 0.480 e. The standard InChI is InChI=1S/C22H22F3N3O2S.C20H18F3N3O2S.C16H12F3N3S.C6H11BrO2.CH3F/c1-4-30-19(29)21(2,3)31-20-27-26-18(22(23,24)25)28(20)17-12-11-14(13-9-10-13)15-7-5-6-8-16(15)17;1-19(2,17(27)28)29-18-25-24-16(20(21,22)23)26(18)15-10-9-12(11-7-8-11)13-5-3-4-6-14(13)15;17-16(18,19)14-20-21-15(23)22(14)13-8-7-10(9-5-6-9)11-3-1-2-4-12(11)13;1-4-9-5(8)6(2,3)7;1-2/h5-8,11-13H,4,9-10H2,1-3H3;3-6,9-11H,7-8H2,1-2H3,(H,27,28);1-4,7-9H,5-6H2,(H,21,23);4H2,1-3H3;1H3/i;;;;1D. The van der Waals surface area contributed by atoms with Gasteiger partial charge in [0.15, 0.2) is 15.1 Å². The number of hydrogen-bond donors (Lipinski definition) is 2. The van der Waals surface area contributed by atoms with Gasteiger partial charge < -0.3 is 14.6 Å². The lowest BCUT2D eigenvalue weighted by atomic mass is 9.99. The maximum absolute atomic E-state index is 13.9. The van der Waals surface area contributed by atoms with Crippen LogP contribution in [0.1, 0.15) is 147 Å². The molecule has 2 N–H and O–H groups in total. The summed E-state index contributed by atoms with van der Waals surface area (Å²) in [5.74, 6) is -3.86. The second-order valence-electron chi connectivity index (χ2n) is 23.4. The highest BCUT2D eigenvalue weighted by atomic mass is 79.9. The molecule has 0 unspecified atom stereocenters. The van der Waals surface area contributed by atoms with Gasteiger partial charge in [-0.25, -0.2) is 0 Å². The van der Waals surface area contributed by atoms with Crippen LogP contribution in [0.4, 0.5) is 43.9 Å². The van der Waals surface area contributed by atoms with Crippen LogP contribution in [-0.4, -0.2) is 101 Å². The molecule has 15 nitrogen and oxygen atoms in total. The van der Waals surface area contributed by atoms with E-state index in [0.717, 1.165) is 108 Å². The molecule has 94 heavy (non-hydrogen) atoms. The number of nitrogens with zero attached hydrogens (tertiary/aromatic N) is 8. The molecule has 3 aliphatic rings. The Morgan fingerprint density at radius 2 is 0.862 bits per heavy atom. The van der Waals surface area contributed by atoms with E-state index in [-0.39, 0.29) is 33.3 Å². The second kappa shape index (κ2) is 28.9. The number of aromatic nitrogens is 9. The lowest BCUT2D eigenvalue weighted by Crippen LogP contribution is -2.30. The summed E-state index contributed by atoms with van der Waals surface area (Å²) in [4.78, 5) is 34.6. The van der Waals surface area contributed by atoms with E-state index in [1.807, 2.05) is 72.8 Å². The SMILES string of the molecule is CC(C)(Sc1nnc(C(F)(F)F)n1-c1ccc(C2CC2)c2ccccc12)C(=O)O.CCOC(=O)C(C)(C)Br.CCOC(=O)C(C)(C)Sc1nnc(C(F)(F)F)n1-c1ccc(C2CC2)c2ccccc12.FC(F)(F)c1n[nH]c(=S)n1-c1ccc(C2CC2)c2ccccc12.[2H]CF. The number of fused-ring (bicyclic) bond motifs is 3. The number of carboxylic acids is 1. The highest BCUT2D eigenvalue weighted by Crippen LogP contribution is 2.49. The summed E-state index contributed by atoms with van der Waals surface area (Å²) in [5.41, 5.74) is 4.46. The van der Waals surface area contributed by atoms with Crippen molar-refractivity contribution in [1.29, 1.82) is 0 Å². The van der Waals surface area contributed by atoms with Gasteiger partial charge in [-0.15, -0.1) is 25.5 Å². The highest BCUT2D eigenvalue weighted by Gasteiger charge is 2.44. The molecule has 0 atom stereocenters. The van der Waals surface area contributed by atoms with Gasteiger partial charge in [0.1, 0.15) is 13.8 Å². The number of hydrogen-bond acceptors (Lipinski definition) is 13. The molecule has 0 aliphatic heterocycles. The lowest BCUT2D eigenvalue weighted by Gasteiger charge is -2.22. The number of aliphatic carboxylic acids is 1. The zero-order chi connectivity index (χ0) is 69.8. The van der Waals surface area contributed by atoms with E-state index in [1.54, 1.807) is 77.9 Å². The normalized spacial score (nSPS) is 14.5. The van der Waals surface area contributed by atoms with Crippen molar-refractivity contribution in [3.63, 3.8) is 0 Å². The minimum absolute atomic E-state index is 0.0188. The Morgan fingerprint density at radius 3 is 1.16 bits per heavy atom. The van der Waals surface area contributed by atoms with Gasteiger partial charge in [0.05, 0.1) is 38.8 Å². The summed E-state index contributed by atoms with van der Waals surface area (Å²) >= 11 is 9.83. The quantitative estimate of drug-likeness (QED) is 0.0325. The Kier molecular flexibility index (Phi) is 21.8. The third-order valence-corrected chi connectivity index (χ3v) is 17.9. The summed E-state index contributed by atoms with van der Waals surface area (Å²) in [6.45, 7) is 13.6. The molecule has 3 saturated carbocycles. The summed E-state index contributed by atoms with van der Waals surface area (Å²) < 4.78 is 147. The minimum Gasteiger partial charge on any atom is -0.480 e. The molecule has 0 saturated heterocycles. The van der Waals surface area contributed by atoms with E-state index >= 15 is 0 Å². The van der Waals surface area contributed by atoms with Crippen molar-refractivity contribution in [2.45, 2.75) is 154 Å². The molecular weight excluding hydrogens is 1370 g/mol. The molecule has 12 rings (SSSR count). The van der Waals surface area contributed by atoms with Gasteiger partial charge >= 0.3 is 36.4 Å². The third kappa shape index (κ3) is 16.6. The summed E-state index contributed by atoms with van der Waals surface area (Å²) in [6.07, 6.45) is -7.48. The number of carbonyl (C=O) groups excluding carboxylic acids is 2. The van der Waals surface area contributed by atoms with Crippen LogP contribution in [0, 0.1) is 4.77 Å². The number of halogens is 11. The zero-order valence-electron chi connectivity index (χ0n) is 52.9. The van der Waals surface area contributed by atoms with Gasteiger partial charge in [-0.2, -0.15) is 39.5 Å². The van der Waals surface area contributed by atoms with Gasteiger partial charge in [-0.3, -0.25) is 37.6 Å². The molecule has 0 radical (unpaired) electrons. The maximum Gasteiger partial charge on any atom is 0.452 e. The number of alkyl halides is 11. The number of aromatic amines is 1. The molecule has 3 aromatic heterocycles. The summed E-state index contributed by atoms with van der Waals surface area (Å²) in [5, 5.41) is 34.1. The molecule has 3 aliphatic carbocycles. The Hall–Kier alpha value is -7.37. The summed E-state index contributed by atoms with van der Waals surface area (Å²) in [7, 11) is -1.00. The van der Waals surface area contributed by atoms with Crippen LogP contribution in [0.15, 0.2) is 120 Å². The van der Waals surface area contributed by atoms with E-state index in [1.165, 1.54) is 19.4 Å². The van der Waals surface area contributed by atoms with Gasteiger partial charge in [-0.05, 0) is 175 Å². The Balaban J connectivity index is 0.000000169. The smallest absolute Gasteiger partial charge is 0.452 e. The van der Waals surface area contributed by atoms with E-state index < -0.39 is 68.9 Å². The van der Waals surface area contributed by atoms with Crippen molar-refractivity contribution in [1.82, 2.24) is 44.3 Å². The van der Waals surface area contributed by atoms with Gasteiger partial charge in [0, 0.05) is 16.2 Å². The second-order valence-corrected chi connectivity index (χ2v) is 28.9. The van der Waals surface area contributed by atoms with Crippen molar-refractivity contribution >= 4 is 102 Å². The van der Waals surface area contributed by atoms with Crippen molar-refractivity contribution in [3.05, 3.63) is 148 Å². The lowest BCUT2D eigenvalue weighted by molar-refractivity contribution is -0.147. The molecule has 29 heteroatoms. The number of rotatable bonds is 15.